The smallest absolute Gasteiger partial charge is 0.276 e. The van der Waals surface area contributed by atoms with E-state index < -0.39 is 11.8 Å². The summed E-state index contributed by atoms with van der Waals surface area (Å²) in [6.07, 6.45) is 3.69. The summed E-state index contributed by atoms with van der Waals surface area (Å²) in [4.78, 5) is 28.8. The van der Waals surface area contributed by atoms with Crippen molar-refractivity contribution in [1.29, 1.82) is 0 Å². The maximum atomic E-state index is 12.5. The highest BCUT2D eigenvalue weighted by Crippen LogP contribution is 2.18. The summed E-state index contributed by atoms with van der Waals surface area (Å²) in [5.74, 6) is 0.337. The van der Waals surface area contributed by atoms with Crippen LogP contribution < -0.4 is 15.6 Å². The van der Waals surface area contributed by atoms with Crippen molar-refractivity contribution in [3.8, 4) is 11.6 Å². The maximum absolute atomic E-state index is 12.5. The molecule has 8 nitrogen and oxygen atoms in total. The molecule has 0 saturated carbocycles. The summed E-state index contributed by atoms with van der Waals surface area (Å²) in [7, 11) is 0. The highest BCUT2D eigenvalue weighted by Gasteiger charge is 2.18. The largest absolute Gasteiger partial charge is 0.483 e. The summed E-state index contributed by atoms with van der Waals surface area (Å²) >= 11 is 0. The molecule has 2 aromatic heterocycles. The topological polar surface area (TPSA) is 98.1 Å². The number of aryl methyl sites for hydroxylation is 2. The Kier molecular flexibility index (Phi) is 6.23. The third-order valence-electron chi connectivity index (χ3n) is 4.33. The van der Waals surface area contributed by atoms with E-state index in [1.807, 2.05) is 51.1 Å². The highest BCUT2D eigenvalue weighted by molar-refractivity contribution is 5.96. The molecule has 1 aromatic carbocycles. The monoisotopic (exact) mass is 393 g/mol. The fourth-order valence-electron chi connectivity index (χ4n) is 2.82. The molecule has 0 aliphatic carbocycles. The number of hydrogen-bond donors (Lipinski definition) is 2. The quantitative estimate of drug-likeness (QED) is 0.626. The van der Waals surface area contributed by atoms with Gasteiger partial charge in [0, 0.05) is 6.20 Å². The van der Waals surface area contributed by atoms with Crippen molar-refractivity contribution in [2.45, 2.75) is 27.2 Å². The van der Waals surface area contributed by atoms with Gasteiger partial charge in [-0.1, -0.05) is 25.1 Å². The lowest BCUT2D eigenvalue weighted by molar-refractivity contribution is -0.123. The number of pyridine rings is 1. The third kappa shape index (κ3) is 4.78. The van der Waals surface area contributed by atoms with Gasteiger partial charge in [0.25, 0.3) is 11.8 Å². The molecule has 0 saturated heterocycles. The summed E-state index contributed by atoms with van der Waals surface area (Å²) in [5.41, 5.74) is 7.81. The van der Waals surface area contributed by atoms with Crippen LogP contribution in [0.2, 0.25) is 0 Å². The molecule has 3 aromatic rings. The molecule has 0 radical (unpaired) electrons. The summed E-state index contributed by atoms with van der Waals surface area (Å²) in [5, 5.41) is 4.26. The molecule has 2 heterocycles. The number of nitrogens with zero attached hydrogens (tertiary/aromatic N) is 3. The van der Waals surface area contributed by atoms with Gasteiger partial charge in [0.05, 0.1) is 17.5 Å². The van der Waals surface area contributed by atoms with Gasteiger partial charge in [0.15, 0.2) is 12.4 Å². The zero-order valence-electron chi connectivity index (χ0n) is 16.6. The fraction of sp³-hybridized carbons (Fsp3) is 0.238. The second-order valence-electron chi connectivity index (χ2n) is 6.52. The molecule has 0 spiro atoms. The zero-order valence-corrected chi connectivity index (χ0v) is 16.6. The number of amides is 2. The fourth-order valence-corrected chi connectivity index (χ4v) is 2.82. The molecule has 0 atom stereocenters. The van der Waals surface area contributed by atoms with Gasteiger partial charge in [0.2, 0.25) is 0 Å². The van der Waals surface area contributed by atoms with Gasteiger partial charge in [-0.25, -0.2) is 9.67 Å². The van der Waals surface area contributed by atoms with Crippen LogP contribution in [0.4, 0.5) is 0 Å². The Bertz CT molecular complexity index is 1010. The van der Waals surface area contributed by atoms with E-state index in [0.29, 0.717) is 29.2 Å². The Labute approximate surface area is 168 Å². The molecule has 2 amide bonds. The highest BCUT2D eigenvalue weighted by atomic mass is 16.5. The predicted octanol–water partition coefficient (Wildman–Crippen LogP) is 2.29. The van der Waals surface area contributed by atoms with Crippen LogP contribution in [-0.4, -0.2) is 33.2 Å². The van der Waals surface area contributed by atoms with Gasteiger partial charge in [-0.3, -0.25) is 20.4 Å². The molecular formula is C21H23N5O3. The molecule has 3 rings (SSSR count). The second-order valence-corrected chi connectivity index (χ2v) is 6.52. The number of carbonyl (C=O) groups excluding carboxylic acids is 2. The van der Waals surface area contributed by atoms with Gasteiger partial charge in [0.1, 0.15) is 5.75 Å². The zero-order chi connectivity index (χ0) is 20.8. The first kappa shape index (κ1) is 20.1. The van der Waals surface area contributed by atoms with Crippen LogP contribution >= 0.6 is 0 Å². The number of hydrogen-bond acceptors (Lipinski definition) is 5. The van der Waals surface area contributed by atoms with Crippen LogP contribution in [0.3, 0.4) is 0 Å². The number of hydrazine groups is 1. The number of ether oxygens (including phenoxy) is 1. The molecule has 0 unspecified atom stereocenters. The number of carbonyl (C=O) groups is 2. The van der Waals surface area contributed by atoms with Crippen LogP contribution in [-0.2, 0) is 11.2 Å². The molecule has 0 fully saturated rings. The third-order valence-corrected chi connectivity index (χ3v) is 4.33. The van der Waals surface area contributed by atoms with Gasteiger partial charge in [-0.2, -0.15) is 5.10 Å². The van der Waals surface area contributed by atoms with Gasteiger partial charge in [-0.05, 0) is 49.6 Å². The van der Waals surface area contributed by atoms with E-state index in [2.05, 4.69) is 20.9 Å². The lowest BCUT2D eigenvalue weighted by atomic mass is 10.1. The molecule has 0 aliphatic heterocycles. The van der Waals surface area contributed by atoms with E-state index in [9.17, 15) is 9.59 Å². The van der Waals surface area contributed by atoms with Crippen molar-refractivity contribution in [2.75, 3.05) is 6.61 Å². The Hall–Kier alpha value is -3.68. The van der Waals surface area contributed by atoms with E-state index in [4.69, 9.17) is 4.74 Å². The minimum absolute atomic E-state index is 0.210. The Balaban J connectivity index is 1.60. The van der Waals surface area contributed by atoms with E-state index in [0.717, 1.165) is 11.1 Å². The summed E-state index contributed by atoms with van der Waals surface area (Å²) < 4.78 is 7.15. The minimum Gasteiger partial charge on any atom is -0.483 e. The lowest BCUT2D eigenvalue weighted by Crippen LogP contribution is -2.44. The van der Waals surface area contributed by atoms with Crippen molar-refractivity contribution < 1.29 is 14.3 Å². The Morgan fingerprint density at radius 1 is 1.14 bits per heavy atom. The SMILES string of the molecule is CCc1c(C(=O)NNC(=O)COc2cc(C)ccc2C)cnn1-c1ccccn1. The van der Waals surface area contributed by atoms with Crippen molar-refractivity contribution in [3.63, 3.8) is 0 Å². The minimum atomic E-state index is -0.463. The molecule has 150 valence electrons. The first-order chi connectivity index (χ1) is 14.0. The number of aromatic nitrogens is 3. The summed E-state index contributed by atoms with van der Waals surface area (Å²) in [6, 6.07) is 11.2. The normalized spacial score (nSPS) is 10.4. The van der Waals surface area contributed by atoms with E-state index in [1.165, 1.54) is 6.20 Å². The van der Waals surface area contributed by atoms with E-state index in [-0.39, 0.29) is 6.61 Å². The lowest BCUT2D eigenvalue weighted by Gasteiger charge is -2.11. The predicted molar refractivity (Wildman–Crippen MR) is 108 cm³/mol. The first-order valence-corrected chi connectivity index (χ1v) is 9.27. The molecule has 8 heteroatoms. The van der Waals surface area contributed by atoms with Crippen LogP contribution in [0.5, 0.6) is 5.75 Å². The average Bonchev–Trinajstić information content (AvgIpc) is 3.17. The second kappa shape index (κ2) is 9.01. The van der Waals surface area contributed by atoms with Crippen molar-refractivity contribution >= 4 is 11.8 Å². The van der Waals surface area contributed by atoms with Crippen molar-refractivity contribution in [3.05, 3.63) is 71.2 Å². The maximum Gasteiger partial charge on any atom is 0.276 e. The summed E-state index contributed by atoms with van der Waals surface area (Å²) in [6.45, 7) is 5.56. The van der Waals surface area contributed by atoms with Gasteiger partial charge >= 0.3 is 0 Å². The van der Waals surface area contributed by atoms with Crippen LogP contribution in [0, 0.1) is 13.8 Å². The molecule has 0 bridgehead atoms. The van der Waals surface area contributed by atoms with Crippen molar-refractivity contribution in [2.24, 2.45) is 0 Å². The Morgan fingerprint density at radius 3 is 2.69 bits per heavy atom. The molecule has 0 aliphatic rings. The van der Waals surface area contributed by atoms with Crippen molar-refractivity contribution in [1.82, 2.24) is 25.6 Å². The Morgan fingerprint density at radius 2 is 1.97 bits per heavy atom. The molecule has 2 N–H and O–H groups in total. The number of benzene rings is 1. The number of nitrogens with one attached hydrogen (secondary N) is 2. The molecular weight excluding hydrogens is 370 g/mol. The van der Waals surface area contributed by atoms with Crippen LogP contribution in [0.1, 0.15) is 34.1 Å². The number of rotatable bonds is 6. The standard InChI is InChI=1S/C21H23N5O3/c1-4-17-16(12-23-26(17)19-7-5-6-10-22-19)21(28)25-24-20(27)13-29-18-11-14(2)8-9-15(18)3/h5-12H,4,13H2,1-3H3,(H,24,27)(H,25,28). The first-order valence-electron chi connectivity index (χ1n) is 9.27. The van der Waals surface area contributed by atoms with Gasteiger partial charge in [-0.15, -0.1) is 0 Å². The van der Waals surface area contributed by atoms with Crippen LogP contribution in [0.15, 0.2) is 48.8 Å². The van der Waals surface area contributed by atoms with Gasteiger partial charge < -0.3 is 4.74 Å². The molecule has 29 heavy (non-hydrogen) atoms. The van der Waals surface area contributed by atoms with Crippen LogP contribution in [0.25, 0.3) is 5.82 Å². The average molecular weight is 393 g/mol. The van der Waals surface area contributed by atoms with E-state index in [1.54, 1.807) is 16.9 Å². The van der Waals surface area contributed by atoms with E-state index >= 15 is 0 Å².